The third kappa shape index (κ3) is 18.7. The lowest BCUT2D eigenvalue weighted by atomic mass is 10.0. The van der Waals surface area contributed by atoms with Crippen LogP contribution in [0.1, 0.15) is 77.0 Å². The summed E-state index contributed by atoms with van der Waals surface area (Å²) in [5.41, 5.74) is 17.1. The Balaban J connectivity index is 0.961. The number of ether oxygens (including phenoxy) is 4. The fraction of sp³-hybridized carbons (Fsp3) is 0.895. The van der Waals surface area contributed by atoms with Gasteiger partial charge in [-0.25, -0.2) is 9.98 Å². The van der Waals surface area contributed by atoms with E-state index in [-0.39, 0.29) is 24.9 Å². The molecule has 2 saturated heterocycles. The predicted molar refractivity (Wildman–Crippen MR) is 227 cm³/mol. The minimum atomic E-state index is -0.104. The number of carbonyl (C=O) groups excluding carboxylic acids is 2. The van der Waals surface area contributed by atoms with Crippen molar-refractivity contribution in [2.75, 3.05) is 104 Å². The number of thioether (sulfide) groups is 2. The van der Waals surface area contributed by atoms with E-state index in [1.165, 1.54) is 25.7 Å². The van der Waals surface area contributed by atoms with Gasteiger partial charge in [-0.05, 0) is 51.4 Å². The average Bonchev–Trinajstić information content (AvgIpc) is 3.94. The second-order valence-electron chi connectivity index (χ2n) is 15.0. The maximum atomic E-state index is 12.8. The van der Waals surface area contributed by atoms with Crippen LogP contribution in [0.5, 0.6) is 0 Å². The number of guanidine groups is 2. The Bertz CT molecular complexity index is 1100. The molecule has 4 aliphatic heterocycles. The molecular weight excluding hydrogens is 757 g/mol. The highest BCUT2D eigenvalue weighted by atomic mass is 32.2. The van der Waals surface area contributed by atoms with Gasteiger partial charge in [-0.2, -0.15) is 23.5 Å². The van der Waals surface area contributed by atoms with E-state index in [1.807, 2.05) is 28.4 Å². The molecule has 6 atom stereocenters. The fourth-order valence-electron chi connectivity index (χ4n) is 7.35. The first kappa shape index (κ1) is 46.6. The molecule has 4 aliphatic rings. The second kappa shape index (κ2) is 28.4. The zero-order valence-electron chi connectivity index (χ0n) is 33.6. The summed E-state index contributed by atoms with van der Waals surface area (Å²) >= 11 is 4.03. The zero-order chi connectivity index (χ0) is 39.6. The molecule has 16 nitrogen and oxygen atoms in total. The Kier molecular flexibility index (Phi) is 23.6. The number of rotatable bonds is 34. The number of nitrogens with one attached hydrogen (secondary N) is 4. The van der Waals surface area contributed by atoms with Crippen LogP contribution in [0.4, 0.5) is 0 Å². The van der Waals surface area contributed by atoms with E-state index < -0.39 is 0 Å². The molecule has 10 N–H and O–H groups in total. The average molecular weight is 829 g/mol. The molecule has 0 aromatic carbocycles. The van der Waals surface area contributed by atoms with Crippen molar-refractivity contribution < 1.29 is 28.5 Å². The van der Waals surface area contributed by atoms with Crippen molar-refractivity contribution >= 4 is 47.3 Å². The number of unbranched alkanes of at least 4 members (excludes halogenated alkanes) is 6. The molecule has 0 aromatic rings. The molecule has 0 unspecified atom stereocenters. The third-order valence-electron chi connectivity index (χ3n) is 10.4. The first-order valence-electron chi connectivity index (χ1n) is 21.1. The Hall–Kier alpha value is -2.06. The van der Waals surface area contributed by atoms with E-state index >= 15 is 0 Å². The van der Waals surface area contributed by atoms with Crippen LogP contribution >= 0.6 is 23.5 Å². The molecule has 0 spiro atoms. The molecule has 4 rings (SSSR count). The molecule has 2 amide bonds. The van der Waals surface area contributed by atoms with E-state index in [4.69, 9.17) is 36.1 Å². The van der Waals surface area contributed by atoms with Gasteiger partial charge in [0.2, 0.25) is 11.8 Å². The summed E-state index contributed by atoms with van der Waals surface area (Å²) in [5.74, 6) is 3.17. The van der Waals surface area contributed by atoms with Crippen LogP contribution < -0.4 is 38.5 Å². The molecule has 0 aromatic heterocycles. The third-order valence-corrected chi connectivity index (χ3v) is 13.3. The normalized spacial score (nSPS) is 23.8. The Labute approximate surface area is 343 Å². The van der Waals surface area contributed by atoms with Crippen LogP contribution in [0.3, 0.4) is 0 Å². The molecule has 0 aliphatic carbocycles. The molecular formula is C38H72N10O6S2. The van der Waals surface area contributed by atoms with Crippen LogP contribution in [0.2, 0.25) is 0 Å². The highest BCUT2D eigenvalue weighted by Crippen LogP contribution is 2.36. The van der Waals surface area contributed by atoms with Crippen molar-refractivity contribution in [1.82, 2.24) is 26.2 Å². The van der Waals surface area contributed by atoms with Crippen LogP contribution in [0.25, 0.3) is 0 Å². The standard InChI is InChI=1S/C38H72N10O6S2/c39-13-21-53-23-24-54-22-16-48(25-33(49)42-14-5-9-19-51-17-7-1-3-11-31-35-29(27-55-31)44-37(40)46-35)26-34(50)43-15-6-10-20-52-18-8-2-4-12-32-36-30(28-56-32)45-38(41)47-36/h29-32,35-36H,1-28,39H2,(H,42,49)(H,43,50)(H3,40,44,46)(H3,41,45,47)/t29-,30-,31-,32-,35-,36-/m0/s1. The molecule has 18 heteroatoms. The summed E-state index contributed by atoms with van der Waals surface area (Å²) in [7, 11) is 0. The van der Waals surface area contributed by atoms with E-state index in [9.17, 15) is 9.59 Å². The number of nitrogens with zero attached hydrogens (tertiary/aromatic N) is 3. The fourth-order valence-corrected chi connectivity index (χ4v) is 10.4. The molecule has 0 radical (unpaired) electrons. The summed E-state index contributed by atoms with van der Waals surface area (Å²) in [6, 6.07) is 1.51. The van der Waals surface area contributed by atoms with Crippen LogP contribution in [-0.2, 0) is 28.5 Å². The van der Waals surface area contributed by atoms with Crippen molar-refractivity contribution in [1.29, 1.82) is 0 Å². The molecule has 56 heavy (non-hydrogen) atoms. The number of carbonyl (C=O) groups is 2. The highest BCUT2D eigenvalue weighted by Gasteiger charge is 2.41. The number of aliphatic imine (C=N–C) groups is 2. The van der Waals surface area contributed by atoms with Crippen molar-refractivity contribution in [3.63, 3.8) is 0 Å². The smallest absolute Gasteiger partial charge is 0.234 e. The zero-order valence-corrected chi connectivity index (χ0v) is 35.2. The van der Waals surface area contributed by atoms with Crippen LogP contribution in [0, 0.1) is 0 Å². The number of amides is 2. The van der Waals surface area contributed by atoms with Crippen molar-refractivity contribution in [3.05, 3.63) is 0 Å². The van der Waals surface area contributed by atoms with Gasteiger partial charge in [0, 0.05) is 74.6 Å². The maximum absolute atomic E-state index is 12.8. The molecule has 322 valence electrons. The van der Waals surface area contributed by atoms with E-state index in [0.29, 0.717) is 112 Å². The van der Waals surface area contributed by atoms with Crippen molar-refractivity contribution in [2.24, 2.45) is 27.2 Å². The number of fused-ring (bicyclic) bond motifs is 2. The molecule has 4 heterocycles. The number of hydrogen-bond donors (Lipinski definition) is 7. The van der Waals surface area contributed by atoms with Gasteiger partial charge >= 0.3 is 0 Å². The Morgan fingerprint density at radius 3 is 1.55 bits per heavy atom. The molecule has 0 saturated carbocycles. The van der Waals surface area contributed by atoms with Gasteiger partial charge in [0.25, 0.3) is 0 Å². The lowest BCUT2D eigenvalue weighted by Gasteiger charge is -2.21. The topological polar surface area (TPSA) is 225 Å². The van der Waals surface area contributed by atoms with Gasteiger partial charge in [0.05, 0.1) is 63.7 Å². The van der Waals surface area contributed by atoms with Gasteiger partial charge in [-0.1, -0.05) is 25.7 Å². The first-order valence-corrected chi connectivity index (χ1v) is 23.2. The highest BCUT2D eigenvalue weighted by molar-refractivity contribution is 8.00. The van der Waals surface area contributed by atoms with Gasteiger partial charge < -0.3 is 57.4 Å². The van der Waals surface area contributed by atoms with Gasteiger partial charge in [0.15, 0.2) is 11.9 Å². The maximum Gasteiger partial charge on any atom is 0.234 e. The lowest BCUT2D eigenvalue weighted by Crippen LogP contribution is -2.44. The Morgan fingerprint density at radius 1 is 0.625 bits per heavy atom. The summed E-state index contributed by atoms with van der Waals surface area (Å²) in [5, 5.41) is 13.7. The minimum Gasteiger partial charge on any atom is -0.381 e. The predicted octanol–water partition coefficient (Wildman–Crippen LogP) is 0.768. The quantitative estimate of drug-likeness (QED) is 0.0446. The van der Waals surface area contributed by atoms with Gasteiger partial charge in [-0.15, -0.1) is 0 Å². The molecule has 0 bridgehead atoms. The number of hydrogen-bond acceptors (Lipinski definition) is 16. The Morgan fingerprint density at radius 2 is 1.07 bits per heavy atom. The van der Waals surface area contributed by atoms with E-state index in [1.54, 1.807) is 0 Å². The first-order chi connectivity index (χ1) is 27.4. The summed E-state index contributed by atoms with van der Waals surface area (Å²) in [4.78, 5) is 36.5. The SMILES string of the molecule is NCCOCCOCCN(CC(=O)NCCCCOCCCCC[C@@H]1SC[C@@H]2NC(N)=N[C@@H]21)CC(=O)NCCCCOCCCCC[C@@H]1SC[C@@H]2NC(N)=N[C@@H]21. The summed E-state index contributed by atoms with van der Waals surface area (Å²) < 4.78 is 22.7. The minimum absolute atomic E-state index is 0.104. The second-order valence-corrected chi connectivity index (χ2v) is 17.6. The van der Waals surface area contributed by atoms with Crippen LogP contribution in [0.15, 0.2) is 9.98 Å². The van der Waals surface area contributed by atoms with E-state index in [0.717, 1.165) is 76.1 Å². The van der Waals surface area contributed by atoms with Gasteiger partial charge in [-0.3, -0.25) is 14.5 Å². The van der Waals surface area contributed by atoms with E-state index in [2.05, 4.69) is 31.3 Å². The largest absolute Gasteiger partial charge is 0.381 e. The number of nitrogens with two attached hydrogens (primary N) is 3. The lowest BCUT2D eigenvalue weighted by molar-refractivity contribution is -0.125. The van der Waals surface area contributed by atoms with Crippen molar-refractivity contribution in [2.45, 2.75) is 112 Å². The van der Waals surface area contributed by atoms with Crippen molar-refractivity contribution in [3.8, 4) is 0 Å². The van der Waals surface area contributed by atoms with Gasteiger partial charge in [0.1, 0.15) is 0 Å². The summed E-state index contributed by atoms with van der Waals surface area (Å²) in [6.45, 7) is 7.02. The van der Waals surface area contributed by atoms with Crippen LogP contribution in [-0.4, -0.2) is 167 Å². The monoisotopic (exact) mass is 829 g/mol. The summed E-state index contributed by atoms with van der Waals surface area (Å²) in [6.07, 6.45) is 12.6. The molecule has 2 fully saturated rings.